The number of nitrogens with two attached hydrogens (primary N) is 2. The number of anilines is 2. The number of hydrogen-bond acceptors (Lipinski definition) is 18. The van der Waals surface area contributed by atoms with Crippen LogP contribution in [-0.4, -0.2) is 103 Å². The molecule has 5 heterocycles. The number of ether oxygens (including phenoxy) is 8. The summed E-state index contributed by atoms with van der Waals surface area (Å²) in [6, 6.07) is 42.9. The lowest BCUT2D eigenvalue weighted by Gasteiger charge is -2.38. The van der Waals surface area contributed by atoms with Gasteiger partial charge in [-0.25, -0.2) is 19.1 Å². The second-order valence-corrected chi connectivity index (χ2v) is 19.7. The Balaban J connectivity index is 0.936. The highest BCUT2D eigenvalue weighted by Crippen LogP contribution is 2.48. The van der Waals surface area contributed by atoms with E-state index in [9.17, 15) is 19.5 Å². The molecule has 3 aromatic heterocycles. The Morgan fingerprint density at radius 3 is 2.19 bits per heavy atom. The molecule has 0 spiro atoms. The molecule has 20 nitrogen and oxygen atoms in total. The summed E-state index contributed by atoms with van der Waals surface area (Å²) in [7, 11) is 3.14. The molecular weight excluding hydrogens is 1020 g/mol. The van der Waals surface area contributed by atoms with Gasteiger partial charge in [0.25, 0.3) is 5.56 Å². The summed E-state index contributed by atoms with van der Waals surface area (Å²) >= 11 is 1.29. The standard InChI is InChI=1S/C57H58N8O12S/c1-35-30-63(56(69)65(51(35)67)34-72-31-36-17-8-4-9-18-36)44-29-42(76-53(68)37-19-10-5-11-20-37)54(77-44)78-28-27-73-48-43(75-52(46(48)66)64-33-60-45-49(58)61-55(59)62-50(45)64)32-74-57(38-21-12-6-13-22-38,39-23-14-7-15-24-39)40-25-16-26-41(70-2)47(40)71-3/h4-26,30,33,42-44,46,48,52,54,66H,27-29,31-32,34H2,1-3H3,(H4,58,59,61,62)/t42?,43-,44?,46-,48-,52-,54?/m1/s1. The number of thioether (sulfide) groups is 1. The fraction of sp³-hybridized carbons (Fsp3) is 0.298. The molecule has 0 aliphatic carbocycles. The number of imidazole rings is 1. The second kappa shape index (κ2) is 23.8. The van der Waals surface area contributed by atoms with Crippen LogP contribution >= 0.6 is 11.8 Å². The molecule has 10 rings (SSSR count). The number of aliphatic hydroxyl groups is 1. The lowest BCUT2D eigenvalue weighted by molar-refractivity contribution is -0.102. The monoisotopic (exact) mass is 1080 g/mol. The van der Waals surface area contributed by atoms with Crippen LogP contribution in [0.5, 0.6) is 11.5 Å². The lowest BCUT2D eigenvalue weighted by Crippen LogP contribution is -2.42. The maximum atomic E-state index is 14.1. The van der Waals surface area contributed by atoms with Crippen molar-refractivity contribution in [1.82, 2.24) is 28.7 Å². The minimum absolute atomic E-state index is 0.0184. The maximum Gasteiger partial charge on any atom is 0.338 e. The minimum Gasteiger partial charge on any atom is -0.493 e. The lowest BCUT2D eigenvalue weighted by atomic mass is 9.79. The van der Waals surface area contributed by atoms with Crippen LogP contribution < -0.4 is 32.2 Å². The van der Waals surface area contributed by atoms with Crippen LogP contribution in [0.25, 0.3) is 11.2 Å². The van der Waals surface area contributed by atoms with E-state index < -0.39 is 65.1 Å². The first-order chi connectivity index (χ1) is 38.0. The van der Waals surface area contributed by atoms with Gasteiger partial charge in [0, 0.05) is 29.5 Å². The number of nitrogen functional groups attached to an aromatic ring is 2. The van der Waals surface area contributed by atoms with Gasteiger partial charge in [0.1, 0.15) is 53.9 Å². The van der Waals surface area contributed by atoms with Crippen molar-refractivity contribution in [2.45, 2.75) is 74.6 Å². The molecule has 7 atom stereocenters. The summed E-state index contributed by atoms with van der Waals surface area (Å²) in [6.07, 6.45) is -3.29. The Hall–Kier alpha value is -7.89. The van der Waals surface area contributed by atoms with E-state index in [1.54, 1.807) is 51.5 Å². The quantitative estimate of drug-likeness (QED) is 0.0402. The fourth-order valence-corrected chi connectivity index (χ4v) is 11.0. The zero-order valence-corrected chi connectivity index (χ0v) is 43.7. The van der Waals surface area contributed by atoms with Crippen molar-refractivity contribution in [3.05, 3.63) is 206 Å². The third-order valence-electron chi connectivity index (χ3n) is 13.6. The van der Waals surface area contributed by atoms with Gasteiger partial charge in [-0.2, -0.15) is 9.97 Å². The van der Waals surface area contributed by atoms with Crippen LogP contribution in [0.2, 0.25) is 0 Å². The Labute approximate surface area is 452 Å². The number of hydrogen-bond donors (Lipinski definition) is 3. The van der Waals surface area contributed by atoms with E-state index in [1.807, 2.05) is 109 Å². The van der Waals surface area contributed by atoms with Crippen LogP contribution in [0, 0.1) is 6.92 Å². The van der Waals surface area contributed by atoms with Crippen LogP contribution in [0.1, 0.15) is 57.1 Å². The van der Waals surface area contributed by atoms with Gasteiger partial charge in [-0.3, -0.25) is 13.9 Å². The van der Waals surface area contributed by atoms with Gasteiger partial charge in [-0.15, -0.1) is 11.8 Å². The van der Waals surface area contributed by atoms with Gasteiger partial charge in [0.15, 0.2) is 29.2 Å². The molecule has 5 N–H and O–H groups in total. The first-order valence-electron chi connectivity index (χ1n) is 25.1. The molecule has 2 saturated heterocycles. The third-order valence-corrected chi connectivity index (χ3v) is 14.8. The molecule has 2 aliphatic heterocycles. The summed E-state index contributed by atoms with van der Waals surface area (Å²) in [5, 5.41) is 12.4. The van der Waals surface area contributed by atoms with Crippen LogP contribution in [0.3, 0.4) is 0 Å². The largest absolute Gasteiger partial charge is 0.493 e. The van der Waals surface area contributed by atoms with Crippen LogP contribution in [-0.2, 0) is 47.4 Å². The van der Waals surface area contributed by atoms with Crippen molar-refractivity contribution in [3.8, 4) is 11.5 Å². The fourth-order valence-electron chi connectivity index (χ4n) is 9.94. The van der Waals surface area contributed by atoms with Crippen molar-refractivity contribution >= 4 is 40.7 Å². The average Bonchev–Trinajstić information content (AvgIpc) is 4.26. The normalized spacial score (nSPS) is 20.2. The highest BCUT2D eigenvalue weighted by atomic mass is 32.2. The molecule has 5 aromatic carbocycles. The number of para-hydroxylation sites is 1. The summed E-state index contributed by atoms with van der Waals surface area (Å²) in [5.41, 5.74) is 13.1. The van der Waals surface area contributed by atoms with Gasteiger partial charge < -0.3 is 54.5 Å². The Morgan fingerprint density at radius 2 is 1.51 bits per heavy atom. The molecule has 0 radical (unpaired) electrons. The minimum atomic E-state index is -1.35. The molecular formula is C57H58N8O12S. The number of methoxy groups -OCH3 is 2. The van der Waals surface area contributed by atoms with Gasteiger partial charge in [0.2, 0.25) is 5.95 Å². The molecule has 78 heavy (non-hydrogen) atoms. The van der Waals surface area contributed by atoms with E-state index in [-0.39, 0.29) is 67.2 Å². The van der Waals surface area contributed by atoms with Crippen LogP contribution in [0.15, 0.2) is 162 Å². The number of aromatic nitrogens is 6. The second-order valence-electron chi connectivity index (χ2n) is 18.5. The summed E-state index contributed by atoms with van der Waals surface area (Å²) in [5.74, 6) is 0.547. The van der Waals surface area contributed by atoms with Gasteiger partial charge in [0.05, 0.1) is 45.9 Å². The molecule has 2 fully saturated rings. The van der Waals surface area contributed by atoms with Crippen molar-refractivity contribution in [3.63, 3.8) is 0 Å². The van der Waals surface area contributed by atoms with Crippen molar-refractivity contribution in [2.24, 2.45) is 0 Å². The summed E-state index contributed by atoms with van der Waals surface area (Å²) in [6.45, 7) is 1.35. The number of aliphatic hydroxyl groups excluding tert-OH is 1. The highest BCUT2D eigenvalue weighted by Gasteiger charge is 2.49. The number of rotatable bonds is 21. The zero-order chi connectivity index (χ0) is 54.3. The number of esters is 1. The maximum absolute atomic E-state index is 14.1. The van der Waals surface area contributed by atoms with Gasteiger partial charge in [-0.1, -0.05) is 121 Å². The topological polar surface area (TPSA) is 251 Å². The van der Waals surface area contributed by atoms with Crippen molar-refractivity contribution in [2.75, 3.05) is 44.7 Å². The molecule has 8 aromatic rings. The number of fused-ring (bicyclic) bond motifs is 1. The third kappa shape index (κ3) is 10.9. The molecule has 0 saturated carbocycles. The zero-order valence-electron chi connectivity index (χ0n) is 42.9. The Kier molecular flexibility index (Phi) is 16.3. The van der Waals surface area contributed by atoms with E-state index in [0.29, 0.717) is 22.6 Å². The number of benzene rings is 5. The smallest absolute Gasteiger partial charge is 0.338 e. The molecule has 0 amide bonds. The average molecular weight is 1080 g/mol. The van der Waals surface area contributed by atoms with Crippen molar-refractivity contribution in [1.29, 1.82) is 0 Å². The predicted octanol–water partition coefficient (Wildman–Crippen LogP) is 6.37. The molecule has 0 bridgehead atoms. The Morgan fingerprint density at radius 1 is 0.833 bits per heavy atom. The van der Waals surface area contributed by atoms with Gasteiger partial charge in [-0.05, 0) is 41.8 Å². The molecule has 21 heteroatoms. The number of carbonyl (C=O) groups excluding carboxylic acids is 1. The summed E-state index contributed by atoms with van der Waals surface area (Å²) in [4.78, 5) is 53.9. The van der Waals surface area contributed by atoms with E-state index >= 15 is 0 Å². The number of carbonyl (C=O) groups is 1. The van der Waals surface area contributed by atoms with Gasteiger partial charge >= 0.3 is 11.7 Å². The van der Waals surface area contributed by atoms with E-state index in [1.165, 1.54) is 33.4 Å². The SMILES string of the molecule is COc1cccc(C(OC[C@H]2O[C@@H](n3cnc4c(N)nc(N)nc43)[C@H](O)[C@@H]2OCCSC2OC(n3cc(C)c(=O)n(COCc4ccccc4)c3=O)CC2OC(=O)c2ccccc2)(c2ccccc2)c2ccccc2)c1OC. The number of nitrogens with zero attached hydrogens (tertiary/aromatic N) is 6. The molecule has 2 aliphatic rings. The highest BCUT2D eigenvalue weighted by molar-refractivity contribution is 7.99. The van der Waals surface area contributed by atoms with E-state index in [2.05, 4.69) is 15.0 Å². The first kappa shape index (κ1) is 53.5. The van der Waals surface area contributed by atoms with Crippen LogP contribution in [0.4, 0.5) is 11.8 Å². The van der Waals surface area contributed by atoms with Crippen molar-refractivity contribution < 1.29 is 47.8 Å². The first-order valence-corrected chi connectivity index (χ1v) is 26.2. The predicted molar refractivity (Wildman–Crippen MR) is 290 cm³/mol. The Bertz CT molecular complexity index is 3420. The number of aryl methyl sites for hydroxylation is 1. The summed E-state index contributed by atoms with van der Waals surface area (Å²) < 4.78 is 55.0. The molecule has 404 valence electrons. The van der Waals surface area contributed by atoms with E-state index in [4.69, 9.17) is 49.4 Å². The molecule has 3 unspecified atom stereocenters. The van der Waals surface area contributed by atoms with E-state index in [0.717, 1.165) is 21.3 Å².